The first-order chi connectivity index (χ1) is 49.0. The van der Waals surface area contributed by atoms with E-state index in [4.69, 9.17) is 9.47 Å². The second-order valence-corrected chi connectivity index (χ2v) is 30.5. The molecular weight excluding hydrogens is 1350 g/mol. The Labute approximate surface area is 619 Å². The van der Waals surface area contributed by atoms with E-state index < -0.39 is 197 Å². The highest BCUT2D eigenvalue weighted by Gasteiger charge is 2.47. The van der Waals surface area contributed by atoms with Crippen LogP contribution < -0.4 is 47.3 Å². The Morgan fingerprint density at radius 1 is 0.552 bits per heavy atom. The summed E-state index contributed by atoms with van der Waals surface area (Å²) in [6.07, 6.45) is -3.42. The number of hydrogen-bond donors (Lipinski definition) is 11. The molecule has 1 aliphatic rings. The number of amides is 11. The van der Waals surface area contributed by atoms with Crippen molar-refractivity contribution < 1.29 is 77.2 Å². The van der Waals surface area contributed by atoms with Gasteiger partial charge in [0, 0.05) is 51.7 Å². The Kier molecular flexibility index (Phi) is 33.4. The minimum absolute atomic E-state index is 0.0456. The molecule has 4 rings (SSSR count). The van der Waals surface area contributed by atoms with Crippen LogP contribution in [-0.2, 0) is 68.7 Å². The van der Waals surface area contributed by atoms with Crippen LogP contribution >= 0.6 is 0 Å². The van der Waals surface area contributed by atoms with Crippen molar-refractivity contribution in [2.45, 2.75) is 235 Å². The third-order valence-corrected chi connectivity index (χ3v) is 19.8. The van der Waals surface area contributed by atoms with Crippen molar-refractivity contribution in [3.63, 3.8) is 0 Å². The fourth-order valence-corrected chi connectivity index (χ4v) is 13.2. The summed E-state index contributed by atoms with van der Waals surface area (Å²) in [5.41, 5.74) is 1.30. The number of nitrogens with zero attached hydrogens (tertiary/aromatic N) is 4. The first-order valence-corrected chi connectivity index (χ1v) is 36.6. The Balaban J connectivity index is 2.07. The highest BCUT2D eigenvalue weighted by atomic mass is 16.5. The molecule has 586 valence electrons. The summed E-state index contributed by atoms with van der Waals surface area (Å²) in [7, 11) is 8.38. The van der Waals surface area contributed by atoms with Crippen molar-refractivity contribution in [2.75, 3.05) is 42.3 Å². The molecule has 1 aliphatic heterocycles. The quantitative estimate of drug-likeness (QED) is 0.0683. The highest BCUT2D eigenvalue weighted by Crippen LogP contribution is 2.31. The van der Waals surface area contributed by atoms with E-state index in [-0.39, 0.29) is 30.2 Å². The van der Waals surface area contributed by atoms with Crippen LogP contribution in [0.15, 0.2) is 54.7 Å². The van der Waals surface area contributed by atoms with Crippen molar-refractivity contribution in [3.05, 3.63) is 65.9 Å². The molecule has 29 nitrogen and oxygen atoms in total. The van der Waals surface area contributed by atoms with Crippen LogP contribution in [0.2, 0.25) is 0 Å². The van der Waals surface area contributed by atoms with Gasteiger partial charge in [-0.2, -0.15) is 0 Å². The van der Waals surface area contributed by atoms with Crippen LogP contribution in [0.1, 0.15) is 155 Å². The summed E-state index contributed by atoms with van der Waals surface area (Å²) in [6.45, 7) is 29.6. The molecule has 29 heteroatoms. The maximum Gasteiger partial charge on any atom is 0.329 e. The number of hydrogen-bond acceptors (Lipinski definition) is 17. The number of methoxy groups -OCH3 is 1. The second-order valence-electron chi connectivity index (χ2n) is 30.5. The van der Waals surface area contributed by atoms with Gasteiger partial charge in [-0.3, -0.25) is 52.7 Å². The lowest BCUT2D eigenvalue weighted by Crippen LogP contribution is -2.65. The zero-order chi connectivity index (χ0) is 79.7. The average Bonchev–Trinajstić information content (AvgIpc) is 1.77. The largest absolute Gasteiger partial charge is 0.496 e. The monoisotopic (exact) mass is 1470 g/mol. The molecule has 0 saturated carbocycles. The number of aromatic amines is 1. The molecule has 105 heavy (non-hydrogen) atoms. The van der Waals surface area contributed by atoms with E-state index in [0.717, 1.165) is 16.8 Å². The summed E-state index contributed by atoms with van der Waals surface area (Å²) in [5.74, 6) is -15.0. The first-order valence-electron chi connectivity index (χ1n) is 36.6. The Morgan fingerprint density at radius 3 is 1.55 bits per heavy atom. The van der Waals surface area contributed by atoms with E-state index >= 15 is 38.4 Å². The molecule has 2 aromatic carbocycles. The van der Waals surface area contributed by atoms with Crippen LogP contribution in [0.25, 0.3) is 10.9 Å². The number of H-pyrrole nitrogens is 1. The number of carbonyl (C=O) groups is 12. The lowest BCUT2D eigenvalue weighted by Gasteiger charge is -2.39. The van der Waals surface area contributed by atoms with Crippen LogP contribution in [0.4, 0.5) is 0 Å². The van der Waals surface area contributed by atoms with Gasteiger partial charge in [0.15, 0.2) is 0 Å². The maximum atomic E-state index is 15.6. The normalized spacial score (nSPS) is 25.0. The zero-order valence-electron chi connectivity index (χ0n) is 66.0. The lowest BCUT2D eigenvalue weighted by atomic mass is 9.94. The number of likely N-dealkylation sites (N-methyl/N-ethyl adjacent to an activating group) is 5. The summed E-state index contributed by atoms with van der Waals surface area (Å²) in [5, 5.41) is 46.5. The second kappa shape index (κ2) is 39.6. The van der Waals surface area contributed by atoms with Gasteiger partial charge in [-0.1, -0.05) is 154 Å². The summed E-state index contributed by atoms with van der Waals surface area (Å²) < 4.78 is 11.8. The summed E-state index contributed by atoms with van der Waals surface area (Å²) in [6, 6.07) is -4.73. The maximum absolute atomic E-state index is 15.6. The molecule has 11 N–H and O–H groups in total. The smallest absolute Gasteiger partial charge is 0.329 e. The zero-order valence-corrected chi connectivity index (χ0v) is 66.0. The summed E-state index contributed by atoms with van der Waals surface area (Å²) in [4.78, 5) is 189. The van der Waals surface area contributed by atoms with Gasteiger partial charge in [-0.05, 0) is 97.9 Å². The van der Waals surface area contributed by atoms with Crippen LogP contribution in [-0.4, -0.2) is 233 Å². The topological polar surface area (TPSA) is 389 Å². The number of aromatic nitrogens is 1. The van der Waals surface area contributed by atoms with E-state index in [1.165, 1.54) is 64.0 Å². The molecule has 1 saturated heterocycles. The van der Waals surface area contributed by atoms with Gasteiger partial charge in [0.25, 0.3) is 0 Å². The number of benzene rings is 2. The van der Waals surface area contributed by atoms with Gasteiger partial charge in [-0.15, -0.1) is 0 Å². The third kappa shape index (κ3) is 22.4. The molecular formula is C76H121N13O16. The molecule has 1 aromatic heterocycles. The van der Waals surface area contributed by atoms with Gasteiger partial charge in [0.1, 0.15) is 84.4 Å². The molecule has 11 amide bonds. The lowest BCUT2D eigenvalue weighted by molar-refractivity contribution is -0.160. The molecule has 0 aliphatic carbocycles. The van der Waals surface area contributed by atoms with Crippen molar-refractivity contribution >= 4 is 81.9 Å². The number of ether oxygens (including phenoxy) is 2. The van der Waals surface area contributed by atoms with Gasteiger partial charge in [-0.25, -0.2) is 4.79 Å². The highest BCUT2D eigenvalue weighted by molar-refractivity contribution is 6.01. The molecule has 7 unspecified atom stereocenters. The standard InChI is InChI=1S/C76H121N13O16/c1-25-44(16)59(83-67(94)54(77-19)38(4)5)69(96)84-60-46(18)105-76(103)58(42(12)13)82-70(97)61(64(91)47-30-27-26-28-31-47)85-68(95)55(39(6)7)79-66(93)51(35-48-36-78-49-32-29-33-52(104-24)53(48)49)87(21)75(102)62(43(14)15)88(22)73(100)57(41(10)11)80-65(92)50(34-37(2)3)86(20)72(99)56(40(8)9)81-71(98)63(45(17)90)89(23)74(60)101/h26-33,36-46,50-51,54-64,77-78,90-91H,25,34-35H2,1-24H3,(H,79,93)(H,80,92)(H,81,98)(H,82,97)(H,83,94)(H,84,96)(H,85,95)/t44?,45-,46-,50?,51?,54+,55+,56+,57+,58+,59+,60?,61?,62+,63?,64?/m1/s1. The van der Waals surface area contributed by atoms with Crippen molar-refractivity contribution in [1.29, 1.82) is 0 Å². The van der Waals surface area contributed by atoms with Gasteiger partial charge >= 0.3 is 5.97 Å². The third-order valence-electron chi connectivity index (χ3n) is 19.8. The van der Waals surface area contributed by atoms with Crippen LogP contribution in [0.3, 0.4) is 0 Å². The number of fused-ring (bicyclic) bond motifs is 1. The van der Waals surface area contributed by atoms with E-state index in [0.29, 0.717) is 28.6 Å². The van der Waals surface area contributed by atoms with Gasteiger partial charge in [0.2, 0.25) is 65.0 Å². The number of esters is 1. The Hall–Kier alpha value is -8.70. The number of nitrogens with one attached hydrogen (secondary N) is 9. The average molecular weight is 1470 g/mol. The predicted octanol–water partition coefficient (Wildman–Crippen LogP) is 3.10. The van der Waals surface area contributed by atoms with E-state index in [1.807, 2.05) is 13.8 Å². The SMILES string of the molecule is CCC(C)[C@H](NC(=O)[C@@H](NC)C(C)C)C(=O)NC1C(=O)N(C)C([C@@H](C)O)C(=O)N[C@@H](C(C)C)C(=O)N(C)C(CC(C)C)C(=O)N[C@@H](C(C)C)C(=O)N(C)[C@@H](C(C)C)C(=O)N(C)C(Cc2c[nH]c3cccc(OC)c23)C(=O)N[C@@H](C(C)C)C(=O)NC(C(O)c2ccccc2)C(=O)N[C@@H](C(C)C)C(=O)O[C@@H]1C. The van der Waals surface area contributed by atoms with Crippen LogP contribution in [0, 0.1) is 47.3 Å². The summed E-state index contributed by atoms with van der Waals surface area (Å²) >= 11 is 0. The number of cyclic esters (lactones) is 1. The minimum atomic E-state index is -1.94. The molecule has 3 aromatic rings. The number of rotatable bonds is 21. The van der Waals surface area contributed by atoms with Crippen LogP contribution in [0.5, 0.6) is 5.75 Å². The number of aliphatic hydroxyl groups is 2. The fourth-order valence-electron chi connectivity index (χ4n) is 13.2. The molecule has 1 fully saturated rings. The fraction of sp³-hybridized carbons (Fsp3) is 0.658. The molecule has 0 radical (unpaired) electrons. The van der Waals surface area contributed by atoms with E-state index in [1.54, 1.807) is 147 Å². The van der Waals surface area contributed by atoms with Gasteiger partial charge < -0.3 is 86.8 Å². The first kappa shape index (κ1) is 88.7. The minimum Gasteiger partial charge on any atom is -0.496 e. The Morgan fingerprint density at radius 2 is 1.05 bits per heavy atom. The van der Waals surface area contributed by atoms with Crippen molar-refractivity contribution in [3.8, 4) is 5.75 Å². The van der Waals surface area contributed by atoms with E-state index in [9.17, 15) is 29.4 Å². The molecule has 2 heterocycles. The van der Waals surface area contributed by atoms with Crippen molar-refractivity contribution in [2.24, 2.45) is 47.3 Å². The van der Waals surface area contributed by atoms with E-state index in [2.05, 4.69) is 47.5 Å². The van der Waals surface area contributed by atoms with Gasteiger partial charge in [0.05, 0.1) is 19.3 Å². The Bertz CT molecular complexity index is 3490. The molecule has 0 spiro atoms. The van der Waals surface area contributed by atoms with Crippen molar-refractivity contribution in [1.82, 2.24) is 67.1 Å². The molecule has 0 bridgehead atoms. The number of aliphatic hydroxyl groups excluding tert-OH is 2. The molecule has 16 atom stereocenters. The number of carbonyl (C=O) groups excluding carboxylic acids is 12. The predicted molar refractivity (Wildman–Crippen MR) is 398 cm³/mol.